The van der Waals surface area contributed by atoms with Crippen molar-refractivity contribution in [3.05, 3.63) is 0 Å². The number of thiol groups is 2. The third-order valence-corrected chi connectivity index (χ3v) is 4.12. The van der Waals surface area contributed by atoms with E-state index in [0.29, 0.717) is 0 Å². The summed E-state index contributed by atoms with van der Waals surface area (Å²) in [5.41, 5.74) is 0. The topological polar surface area (TPSA) is 18.5 Å². The molecule has 2 unspecified atom stereocenters. The van der Waals surface area contributed by atoms with Gasteiger partial charge in [-0.2, -0.15) is 0 Å². The molecule has 5 heteroatoms. The lowest BCUT2D eigenvalue weighted by molar-refractivity contribution is 0.173. The predicted octanol–water partition coefficient (Wildman–Crippen LogP) is 3.69. The smallest absolute Gasteiger partial charge is 0.150 e. The molecule has 0 aliphatic heterocycles. The first kappa shape index (κ1) is 14.0. The van der Waals surface area contributed by atoms with Gasteiger partial charge >= 0.3 is 0 Å². The van der Waals surface area contributed by atoms with E-state index in [9.17, 15) is 0 Å². The summed E-state index contributed by atoms with van der Waals surface area (Å²) in [6, 6.07) is 0. The average molecular weight is 242 g/mol. The Morgan fingerprint density at radius 3 is 2.08 bits per heavy atom. The quantitative estimate of drug-likeness (QED) is 0.421. The number of hydrogen-bond acceptors (Lipinski definition) is 5. The van der Waals surface area contributed by atoms with Gasteiger partial charge in [0.05, 0.1) is 0 Å². The minimum Gasteiger partial charge on any atom is -0.299 e. The highest BCUT2D eigenvalue weighted by atomic mass is 32.2. The van der Waals surface area contributed by atoms with E-state index >= 15 is 0 Å². The summed E-state index contributed by atoms with van der Waals surface area (Å²) in [7, 11) is 0. The fourth-order valence-electron chi connectivity index (χ4n) is 0.376. The first-order valence-corrected chi connectivity index (χ1v) is 5.86. The third-order valence-electron chi connectivity index (χ3n) is 1.89. The lowest BCUT2D eigenvalue weighted by atomic mass is 10.3. The summed E-state index contributed by atoms with van der Waals surface area (Å²) >= 11 is 9.45. The van der Waals surface area contributed by atoms with E-state index in [1.165, 1.54) is 12.0 Å². The highest BCUT2D eigenvalue weighted by Crippen LogP contribution is 2.37. The fourth-order valence-corrected chi connectivity index (χ4v) is 1.33. The molecule has 80 valence electrons. The SMILES string of the molecule is CCC(C)(S)OSC(C)(CC)OS. The maximum Gasteiger partial charge on any atom is 0.150 e. The zero-order chi connectivity index (χ0) is 10.5. The fraction of sp³-hybridized carbons (Fsp3) is 1.00. The van der Waals surface area contributed by atoms with Gasteiger partial charge in [0.2, 0.25) is 0 Å². The number of rotatable bonds is 6. The van der Waals surface area contributed by atoms with Crippen LogP contribution in [0.5, 0.6) is 0 Å². The van der Waals surface area contributed by atoms with Crippen LogP contribution < -0.4 is 0 Å². The maximum atomic E-state index is 5.53. The van der Waals surface area contributed by atoms with Crippen LogP contribution in [-0.2, 0) is 8.37 Å². The van der Waals surface area contributed by atoms with Gasteiger partial charge in [-0.25, -0.2) is 0 Å². The van der Waals surface area contributed by atoms with Crippen LogP contribution in [0.4, 0.5) is 0 Å². The largest absolute Gasteiger partial charge is 0.299 e. The van der Waals surface area contributed by atoms with Gasteiger partial charge in [-0.1, -0.05) is 13.8 Å². The molecular weight excluding hydrogens is 224 g/mol. The van der Waals surface area contributed by atoms with Gasteiger partial charge in [-0.15, -0.1) is 12.6 Å². The number of hydrogen-bond donors (Lipinski definition) is 2. The normalized spacial score (nSPS) is 20.8. The summed E-state index contributed by atoms with van der Waals surface area (Å²) in [6.07, 6.45) is 1.67. The third kappa shape index (κ3) is 5.42. The zero-order valence-electron chi connectivity index (χ0n) is 8.53. The van der Waals surface area contributed by atoms with E-state index in [2.05, 4.69) is 25.5 Å². The average Bonchev–Trinajstić information content (AvgIpc) is 2.14. The van der Waals surface area contributed by atoms with E-state index in [-0.39, 0.29) is 0 Å². The monoisotopic (exact) mass is 242 g/mol. The molecule has 0 bridgehead atoms. The molecule has 0 aromatic rings. The molecule has 2 atom stereocenters. The van der Waals surface area contributed by atoms with Gasteiger partial charge in [0.15, 0.2) is 0 Å². The Bertz CT molecular complexity index is 146. The van der Waals surface area contributed by atoms with Crippen molar-refractivity contribution < 1.29 is 8.37 Å². The Labute approximate surface area is 96.4 Å². The minimum atomic E-state index is -0.409. The lowest BCUT2D eigenvalue weighted by Gasteiger charge is -2.29. The van der Waals surface area contributed by atoms with Crippen LogP contribution in [0.3, 0.4) is 0 Å². The Kier molecular flexibility index (Phi) is 6.18. The summed E-state index contributed by atoms with van der Waals surface area (Å²) in [4.78, 5) is -0.810. The summed E-state index contributed by atoms with van der Waals surface area (Å²) in [6.45, 7) is 7.91. The molecule has 0 aromatic heterocycles. The molecule has 0 fully saturated rings. The Hall–Kier alpha value is 0.970. The van der Waals surface area contributed by atoms with Crippen LogP contribution in [0.15, 0.2) is 0 Å². The van der Waals surface area contributed by atoms with Gasteiger partial charge in [-0.3, -0.25) is 8.37 Å². The van der Waals surface area contributed by atoms with Crippen molar-refractivity contribution in [3.8, 4) is 0 Å². The predicted molar refractivity (Wildman–Crippen MR) is 65.1 cm³/mol. The second-order valence-electron chi connectivity index (χ2n) is 3.27. The van der Waals surface area contributed by atoms with Crippen molar-refractivity contribution in [1.29, 1.82) is 0 Å². The first-order valence-electron chi connectivity index (χ1n) is 4.31. The van der Waals surface area contributed by atoms with Crippen LogP contribution in [0.25, 0.3) is 0 Å². The van der Waals surface area contributed by atoms with Crippen LogP contribution in [-0.4, -0.2) is 9.87 Å². The second-order valence-corrected chi connectivity index (χ2v) is 5.60. The lowest BCUT2D eigenvalue weighted by Crippen LogP contribution is -2.24. The Morgan fingerprint density at radius 1 is 1.23 bits per heavy atom. The zero-order valence-corrected chi connectivity index (χ0v) is 11.1. The van der Waals surface area contributed by atoms with Gasteiger partial charge in [0.25, 0.3) is 0 Å². The summed E-state index contributed by atoms with van der Waals surface area (Å²) < 4.78 is 10.6. The molecule has 0 saturated carbocycles. The van der Waals surface area contributed by atoms with Crippen LogP contribution in [0.2, 0.25) is 0 Å². The van der Waals surface area contributed by atoms with E-state index in [1.54, 1.807) is 0 Å². The van der Waals surface area contributed by atoms with Gasteiger partial charge in [0, 0.05) is 12.0 Å². The molecule has 2 nitrogen and oxygen atoms in total. The van der Waals surface area contributed by atoms with Crippen molar-refractivity contribution >= 4 is 37.6 Å². The molecule has 0 heterocycles. The van der Waals surface area contributed by atoms with Crippen molar-refractivity contribution in [2.75, 3.05) is 0 Å². The van der Waals surface area contributed by atoms with Crippen molar-refractivity contribution in [1.82, 2.24) is 0 Å². The molecule has 13 heavy (non-hydrogen) atoms. The summed E-state index contributed by atoms with van der Waals surface area (Å²) in [5, 5.41) is 0. The summed E-state index contributed by atoms with van der Waals surface area (Å²) in [5.74, 6) is 0. The molecule has 0 rings (SSSR count). The van der Waals surface area contributed by atoms with Gasteiger partial charge in [0.1, 0.15) is 9.87 Å². The van der Waals surface area contributed by atoms with Crippen LogP contribution in [0, 0.1) is 0 Å². The van der Waals surface area contributed by atoms with Crippen molar-refractivity contribution in [3.63, 3.8) is 0 Å². The van der Waals surface area contributed by atoms with Crippen LogP contribution >= 0.6 is 37.6 Å². The molecule has 0 aliphatic carbocycles. The van der Waals surface area contributed by atoms with Crippen molar-refractivity contribution in [2.45, 2.75) is 50.4 Å². The van der Waals surface area contributed by atoms with E-state index in [1.807, 2.05) is 27.7 Å². The molecular formula is C8H18O2S3. The minimum absolute atomic E-state index is 0.401. The van der Waals surface area contributed by atoms with Gasteiger partial charge < -0.3 is 0 Å². The molecule has 0 aromatic carbocycles. The second kappa shape index (κ2) is 5.75. The molecule has 0 N–H and O–H groups in total. The standard InChI is InChI=1S/C8H18O2S3/c1-5-7(3,11)10-13-8(4,6-2)9-12/h11-12H,5-6H2,1-4H3. The molecule has 0 amide bonds. The molecule has 0 spiro atoms. The molecule has 0 aliphatic rings. The Morgan fingerprint density at radius 2 is 1.77 bits per heavy atom. The Balaban J connectivity index is 3.99. The van der Waals surface area contributed by atoms with Gasteiger partial charge in [-0.05, 0) is 39.6 Å². The van der Waals surface area contributed by atoms with E-state index < -0.39 is 9.87 Å². The first-order chi connectivity index (χ1) is 5.89. The van der Waals surface area contributed by atoms with Crippen LogP contribution in [0.1, 0.15) is 40.5 Å². The maximum absolute atomic E-state index is 5.53. The van der Waals surface area contributed by atoms with E-state index in [0.717, 1.165) is 12.8 Å². The highest BCUT2D eigenvalue weighted by Gasteiger charge is 2.28. The molecule has 0 radical (unpaired) electrons. The molecule has 0 saturated heterocycles. The van der Waals surface area contributed by atoms with Crippen molar-refractivity contribution in [2.24, 2.45) is 0 Å². The highest BCUT2D eigenvalue weighted by molar-refractivity contribution is 7.96. The van der Waals surface area contributed by atoms with E-state index in [4.69, 9.17) is 8.37 Å².